The highest BCUT2D eigenvalue weighted by atomic mass is 16.3. The molecule has 0 amide bonds. The van der Waals surface area contributed by atoms with E-state index in [0.29, 0.717) is 12.5 Å². The van der Waals surface area contributed by atoms with Crippen LogP contribution in [0.4, 0.5) is 0 Å². The van der Waals surface area contributed by atoms with Gasteiger partial charge in [-0.2, -0.15) is 0 Å². The molecule has 1 rings (SSSR count). The average Bonchev–Trinajstić information content (AvgIpc) is 2.27. The molecule has 1 aliphatic rings. The van der Waals surface area contributed by atoms with Crippen molar-refractivity contribution in [3.63, 3.8) is 0 Å². The Hall–Kier alpha value is -0.0800. The average molecular weight is 214 g/mol. The Morgan fingerprint density at radius 2 is 1.87 bits per heavy atom. The Morgan fingerprint density at radius 1 is 1.20 bits per heavy atom. The molecule has 0 aromatic heterocycles. The fourth-order valence-electron chi connectivity index (χ4n) is 2.77. The second-order valence-corrected chi connectivity index (χ2v) is 5.00. The highest BCUT2D eigenvalue weighted by Gasteiger charge is 2.25. The Bertz CT molecular complexity index is 151. The van der Waals surface area contributed by atoms with Crippen LogP contribution in [0.1, 0.15) is 58.3 Å². The topological polar surface area (TPSA) is 40.5 Å². The van der Waals surface area contributed by atoms with Crippen LogP contribution in [0.25, 0.3) is 0 Å². The molecule has 1 atom stereocenters. The van der Waals surface area contributed by atoms with Gasteiger partial charge < -0.3 is 10.2 Å². The summed E-state index contributed by atoms with van der Waals surface area (Å²) in [5, 5.41) is 18.7. The van der Waals surface area contributed by atoms with Crippen molar-refractivity contribution in [3.8, 4) is 0 Å². The minimum atomic E-state index is -0.0613. The highest BCUT2D eigenvalue weighted by Crippen LogP contribution is 2.34. The van der Waals surface area contributed by atoms with E-state index in [-0.39, 0.29) is 6.10 Å². The van der Waals surface area contributed by atoms with Crippen molar-refractivity contribution in [2.45, 2.75) is 64.4 Å². The van der Waals surface area contributed by atoms with Crippen molar-refractivity contribution < 1.29 is 10.2 Å². The van der Waals surface area contributed by atoms with Crippen LogP contribution in [0.2, 0.25) is 0 Å². The maximum Gasteiger partial charge on any atom is 0.0568 e. The highest BCUT2D eigenvalue weighted by molar-refractivity contribution is 4.77. The molecule has 0 bridgehead atoms. The lowest BCUT2D eigenvalue weighted by Crippen LogP contribution is -2.25. The summed E-state index contributed by atoms with van der Waals surface area (Å²) in [6.07, 6.45) is 9.01. The van der Waals surface area contributed by atoms with E-state index >= 15 is 0 Å². The fourth-order valence-corrected chi connectivity index (χ4v) is 2.77. The van der Waals surface area contributed by atoms with Crippen molar-refractivity contribution in [3.05, 3.63) is 0 Å². The van der Waals surface area contributed by atoms with E-state index in [1.54, 1.807) is 0 Å². The first-order valence-electron chi connectivity index (χ1n) is 6.56. The molecule has 0 radical (unpaired) electrons. The minimum Gasteiger partial charge on any atom is -0.396 e. The van der Waals surface area contributed by atoms with Gasteiger partial charge in [-0.15, -0.1) is 0 Å². The summed E-state index contributed by atoms with van der Waals surface area (Å²) >= 11 is 0. The van der Waals surface area contributed by atoms with Crippen LogP contribution in [0, 0.1) is 11.8 Å². The monoisotopic (exact) mass is 214 g/mol. The molecule has 0 aromatic carbocycles. The van der Waals surface area contributed by atoms with Crippen LogP contribution in [0.15, 0.2) is 0 Å². The molecular weight excluding hydrogens is 188 g/mol. The predicted molar refractivity (Wildman–Crippen MR) is 62.7 cm³/mol. The van der Waals surface area contributed by atoms with Gasteiger partial charge in [0, 0.05) is 6.61 Å². The predicted octanol–water partition coefficient (Wildman–Crippen LogP) is 2.73. The Balaban J connectivity index is 2.17. The molecule has 1 saturated carbocycles. The summed E-state index contributed by atoms with van der Waals surface area (Å²) < 4.78 is 0. The molecule has 0 aromatic rings. The SMILES string of the molecule is CCCC(O)C1CCC(CCCO)CC1. The van der Waals surface area contributed by atoms with Crippen LogP contribution >= 0.6 is 0 Å². The summed E-state index contributed by atoms with van der Waals surface area (Å²) in [7, 11) is 0. The first kappa shape index (κ1) is 13.0. The van der Waals surface area contributed by atoms with E-state index < -0.39 is 0 Å². The minimum absolute atomic E-state index is 0.0613. The molecule has 2 nitrogen and oxygen atoms in total. The van der Waals surface area contributed by atoms with Gasteiger partial charge in [-0.25, -0.2) is 0 Å². The van der Waals surface area contributed by atoms with Gasteiger partial charge in [0.25, 0.3) is 0 Å². The molecule has 2 N–H and O–H groups in total. The number of aliphatic hydroxyl groups is 2. The van der Waals surface area contributed by atoms with Crippen LogP contribution in [0.5, 0.6) is 0 Å². The van der Waals surface area contributed by atoms with Crippen LogP contribution in [-0.2, 0) is 0 Å². The second kappa shape index (κ2) is 7.24. The van der Waals surface area contributed by atoms with Crippen molar-refractivity contribution in [1.29, 1.82) is 0 Å². The molecular formula is C13H26O2. The van der Waals surface area contributed by atoms with Crippen molar-refractivity contribution in [2.75, 3.05) is 6.61 Å². The third-order valence-corrected chi connectivity index (χ3v) is 3.79. The van der Waals surface area contributed by atoms with Crippen molar-refractivity contribution in [1.82, 2.24) is 0 Å². The molecule has 0 saturated heterocycles. The van der Waals surface area contributed by atoms with Crippen molar-refractivity contribution in [2.24, 2.45) is 11.8 Å². The van der Waals surface area contributed by atoms with E-state index in [1.807, 2.05) is 0 Å². The summed E-state index contributed by atoms with van der Waals surface area (Å²) in [5.74, 6) is 1.36. The molecule has 0 heterocycles. The number of hydrogen-bond acceptors (Lipinski definition) is 2. The summed E-state index contributed by atoms with van der Waals surface area (Å²) in [5.41, 5.74) is 0. The zero-order valence-corrected chi connectivity index (χ0v) is 9.99. The molecule has 0 aliphatic heterocycles. The lowest BCUT2D eigenvalue weighted by molar-refractivity contribution is 0.0643. The zero-order chi connectivity index (χ0) is 11.1. The molecule has 90 valence electrons. The van der Waals surface area contributed by atoms with Gasteiger partial charge in [0.2, 0.25) is 0 Å². The summed E-state index contributed by atoms with van der Waals surface area (Å²) in [4.78, 5) is 0. The molecule has 1 fully saturated rings. The fraction of sp³-hybridized carbons (Fsp3) is 1.00. The quantitative estimate of drug-likeness (QED) is 0.713. The summed E-state index contributed by atoms with van der Waals surface area (Å²) in [6, 6.07) is 0. The lowest BCUT2D eigenvalue weighted by Gasteiger charge is -2.31. The molecule has 15 heavy (non-hydrogen) atoms. The molecule has 1 aliphatic carbocycles. The zero-order valence-electron chi connectivity index (χ0n) is 9.99. The van der Waals surface area contributed by atoms with E-state index in [4.69, 9.17) is 5.11 Å². The van der Waals surface area contributed by atoms with Gasteiger partial charge in [-0.1, -0.05) is 26.2 Å². The maximum absolute atomic E-state index is 9.90. The third kappa shape index (κ3) is 4.52. The first-order chi connectivity index (χ1) is 7.27. The Kier molecular flexibility index (Phi) is 6.26. The van der Waals surface area contributed by atoms with Gasteiger partial charge in [-0.05, 0) is 43.9 Å². The second-order valence-electron chi connectivity index (χ2n) is 5.00. The third-order valence-electron chi connectivity index (χ3n) is 3.79. The maximum atomic E-state index is 9.90. The van der Waals surface area contributed by atoms with E-state index in [0.717, 1.165) is 25.2 Å². The van der Waals surface area contributed by atoms with Gasteiger partial charge in [0.15, 0.2) is 0 Å². The molecule has 2 heteroatoms. The number of aliphatic hydroxyl groups excluding tert-OH is 2. The first-order valence-corrected chi connectivity index (χ1v) is 6.56. The van der Waals surface area contributed by atoms with Gasteiger partial charge in [0.05, 0.1) is 6.10 Å². The smallest absolute Gasteiger partial charge is 0.0568 e. The number of hydrogen-bond donors (Lipinski definition) is 2. The standard InChI is InChI=1S/C13H26O2/c1-2-4-13(15)12-8-6-11(7-9-12)5-3-10-14/h11-15H,2-10H2,1H3. The molecule has 0 spiro atoms. The molecule has 1 unspecified atom stereocenters. The van der Waals surface area contributed by atoms with E-state index in [9.17, 15) is 5.11 Å². The Labute approximate surface area is 93.7 Å². The van der Waals surface area contributed by atoms with Crippen LogP contribution in [0.3, 0.4) is 0 Å². The normalized spacial score (nSPS) is 29.0. The van der Waals surface area contributed by atoms with Crippen LogP contribution < -0.4 is 0 Å². The summed E-state index contributed by atoms with van der Waals surface area (Å²) in [6.45, 7) is 2.47. The van der Waals surface area contributed by atoms with E-state index in [1.165, 1.54) is 32.1 Å². The van der Waals surface area contributed by atoms with Crippen molar-refractivity contribution >= 4 is 0 Å². The van der Waals surface area contributed by atoms with Gasteiger partial charge in [0.1, 0.15) is 0 Å². The lowest BCUT2D eigenvalue weighted by atomic mass is 9.77. The Morgan fingerprint density at radius 3 is 2.40 bits per heavy atom. The van der Waals surface area contributed by atoms with E-state index in [2.05, 4.69) is 6.92 Å². The van der Waals surface area contributed by atoms with Gasteiger partial charge >= 0.3 is 0 Å². The van der Waals surface area contributed by atoms with Gasteiger partial charge in [-0.3, -0.25) is 0 Å². The van der Waals surface area contributed by atoms with Crippen LogP contribution in [-0.4, -0.2) is 22.9 Å². The largest absolute Gasteiger partial charge is 0.396 e. The number of rotatable bonds is 6.